The van der Waals surface area contributed by atoms with Crippen LogP contribution in [-0.4, -0.2) is 27.4 Å². The summed E-state index contributed by atoms with van der Waals surface area (Å²) >= 11 is 0. The smallest absolute Gasteiger partial charge is 0.870 e. The van der Waals surface area contributed by atoms with Crippen LogP contribution in [-0.2, 0) is 18.6 Å². The van der Waals surface area contributed by atoms with Crippen LogP contribution in [0, 0.1) is 0 Å². The minimum atomic E-state index is 0. The van der Waals surface area contributed by atoms with Crippen LogP contribution in [0.15, 0.2) is 0 Å². The zero-order valence-electron chi connectivity index (χ0n) is 2.68. The van der Waals surface area contributed by atoms with E-state index in [1.54, 1.807) is 0 Å². The van der Waals surface area contributed by atoms with Gasteiger partial charge in [0, 0.05) is 0 Å². The fourth-order valence-electron chi connectivity index (χ4n) is 0. The van der Waals surface area contributed by atoms with Gasteiger partial charge in [0.05, 0.1) is 0 Å². The Labute approximate surface area is 46.8 Å². The van der Waals surface area contributed by atoms with Crippen molar-refractivity contribution in [2.75, 3.05) is 0 Å². The molecule has 5 nitrogen and oxygen atoms in total. The molecular formula is H5O5V. The van der Waals surface area contributed by atoms with Crippen molar-refractivity contribution in [1.29, 1.82) is 0 Å². The van der Waals surface area contributed by atoms with E-state index in [0.29, 0.717) is 0 Å². The Morgan fingerprint density at radius 3 is 0.333 bits per heavy atom. The zero-order chi connectivity index (χ0) is 0. The molecule has 0 unspecified atom stereocenters. The summed E-state index contributed by atoms with van der Waals surface area (Å²) in [6, 6.07) is 0. The summed E-state index contributed by atoms with van der Waals surface area (Å²) in [5.41, 5.74) is 0. The SMILES string of the molecule is [OH-].[OH-].[OH-].[OH-].[OH-].[V+5]. The van der Waals surface area contributed by atoms with Crippen molar-refractivity contribution in [3.8, 4) is 0 Å². The van der Waals surface area contributed by atoms with E-state index in [4.69, 9.17) is 0 Å². The van der Waals surface area contributed by atoms with Crippen LogP contribution in [0.4, 0.5) is 0 Å². The monoisotopic (exact) mass is 136 g/mol. The Hall–Kier alpha value is 0.384. The van der Waals surface area contributed by atoms with Crippen LogP contribution in [0.1, 0.15) is 0 Å². The maximum Gasteiger partial charge on any atom is 5.00 e. The Kier molecular flexibility index (Phi) is 146000. The van der Waals surface area contributed by atoms with E-state index in [1.807, 2.05) is 0 Å². The average Bonchev–Trinajstić information content (AvgIpc) is 0. The second kappa shape index (κ2) is 700. The van der Waals surface area contributed by atoms with Gasteiger partial charge >= 0.3 is 18.6 Å². The van der Waals surface area contributed by atoms with Crippen molar-refractivity contribution < 1.29 is 45.9 Å². The number of hydrogen-bond acceptors (Lipinski definition) is 5. The zero-order valence-corrected chi connectivity index (χ0v) is 4.08. The topological polar surface area (TPSA) is 150 Å². The van der Waals surface area contributed by atoms with Gasteiger partial charge < -0.3 is 27.4 Å². The maximum absolute atomic E-state index is 0. The summed E-state index contributed by atoms with van der Waals surface area (Å²) in [4.78, 5) is 0. The maximum atomic E-state index is 0. The molecule has 0 spiro atoms. The van der Waals surface area contributed by atoms with E-state index in [2.05, 4.69) is 0 Å². The summed E-state index contributed by atoms with van der Waals surface area (Å²) in [7, 11) is 0. The van der Waals surface area contributed by atoms with Crippen LogP contribution in [0.3, 0.4) is 0 Å². The molecule has 0 aromatic rings. The summed E-state index contributed by atoms with van der Waals surface area (Å²) < 4.78 is 0. The molecule has 0 radical (unpaired) electrons. The van der Waals surface area contributed by atoms with Crippen molar-refractivity contribution in [2.45, 2.75) is 0 Å². The van der Waals surface area contributed by atoms with Gasteiger partial charge in [0.15, 0.2) is 0 Å². The van der Waals surface area contributed by atoms with Crippen LogP contribution in [0.2, 0.25) is 0 Å². The van der Waals surface area contributed by atoms with Crippen LogP contribution in [0.25, 0.3) is 0 Å². The molecule has 0 aromatic carbocycles. The van der Waals surface area contributed by atoms with Gasteiger partial charge in [-0.3, -0.25) is 0 Å². The van der Waals surface area contributed by atoms with Crippen LogP contribution >= 0.6 is 0 Å². The second-order valence-corrected chi connectivity index (χ2v) is 0. The molecule has 0 bridgehead atoms. The molecule has 0 aliphatic carbocycles. The molecular weight excluding hydrogens is 131 g/mol. The third kappa shape index (κ3) is 340. The van der Waals surface area contributed by atoms with Gasteiger partial charge in [-0.15, -0.1) is 0 Å². The van der Waals surface area contributed by atoms with Gasteiger partial charge in [0.2, 0.25) is 0 Å². The Bertz CT molecular complexity index is 3.90. The Morgan fingerprint density at radius 2 is 0.333 bits per heavy atom. The van der Waals surface area contributed by atoms with E-state index < -0.39 is 0 Å². The first-order chi connectivity index (χ1) is 0. The van der Waals surface area contributed by atoms with Gasteiger partial charge in [-0.05, 0) is 0 Å². The van der Waals surface area contributed by atoms with E-state index in [-0.39, 0.29) is 45.9 Å². The third-order valence-electron chi connectivity index (χ3n) is 0. The minimum Gasteiger partial charge on any atom is -0.870 e. The normalized spacial score (nSPS) is 0. The number of hydrogen-bond donors (Lipinski definition) is 0. The van der Waals surface area contributed by atoms with Crippen molar-refractivity contribution in [2.24, 2.45) is 0 Å². The van der Waals surface area contributed by atoms with E-state index in [1.165, 1.54) is 0 Å². The molecule has 0 aliphatic rings. The Morgan fingerprint density at radius 1 is 0.333 bits per heavy atom. The van der Waals surface area contributed by atoms with Gasteiger partial charge in [-0.25, -0.2) is 0 Å². The first-order valence-corrected chi connectivity index (χ1v) is 0. The van der Waals surface area contributed by atoms with Crippen molar-refractivity contribution in [3.05, 3.63) is 0 Å². The molecule has 6 heavy (non-hydrogen) atoms. The van der Waals surface area contributed by atoms with Gasteiger partial charge in [0.1, 0.15) is 0 Å². The molecule has 0 rings (SSSR count). The quantitative estimate of drug-likeness (QED) is 0.423. The molecule has 0 aliphatic heterocycles. The van der Waals surface area contributed by atoms with E-state index >= 15 is 0 Å². The molecule has 0 saturated heterocycles. The predicted molar refractivity (Wildman–Crippen MR) is 9.68 cm³/mol. The summed E-state index contributed by atoms with van der Waals surface area (Å²) in [6.45, 7) is 0. The molecule has 0 atom stereocenters. The van der Waals surface area contributed by atoms with Gasteiger partial charge in [0.25, 0.3) is 0 Å². The third-order valence-corrected chi connectivity index (χ3v) is 0. The average molecular weight is 136 g/mol. The predicted octanol–water partition coefficient (Wildman–Crippen LogP) is -0.886. The van der Waals surface area contributed by atoms with Crippen molar-refractivity contribution in [1.82, 2.24) is 0 Å². The first kappa shape index (κ1) is 1250. The fraction of sp³-hybridized carbons (Fsp3) is 0. The first-order valence-electron chi connectivity index (χ1n) is 0. The molecule has 0 amide bonds. The largest absolute Gasteiger partial charge is 5.00 e. The minimum absolute atomic E-state index is 0. The molecule has 5 N–H and O–H groups in total. The Balaban J connectivity index is 0. The fourth-order valence-corrected chi connectivity index (χ4v) is 0. The van der Waals surface area contributed by atoms with E-state index in [0.717, 1.165) is 0 Å². The molecule has 0 fully saturated rings. The molecule has 40 valence electrons. The molecule has 6 heteroatoms. The summed E-state index contributed by atoms with van der Waals surface area (Å²) in [6.07, 6.45) is 0. The second-order valence-electron chi connectivity index (χ2n) is 0. The van der Waals surface area contributed by atoms with Gasteiger partial charge in [-0.1, -0.05) is 0 Å². The number of rotatable bonds is 0. The van der Waals surface area contributed by atoms with Crippen LogP contribution < -0.4 is 0 Å². The molecule has 0 aromatic heterocycles. The van der Waals surface area contributed by atoms with Crippen LogP contribution in [0.5, 0.6) is 0 Å². The molecule has 0 saturated carbocycles. The standard InChI is InChI=1S/5H2O.V/h5*1H2;/q;;;;;+5/p-5. The van der Waals surface area contributed by atoms with E-state index in [9.17, 15) is 0 Å². The molecule has 0 heterocycles. The van der Waals surface area contributed by atoms with Crippen molar-refractivity contribution >= 4 is 0 Å². The summed E-state index contributed by atoms with van der Waals surface area (Å²) in [5, 5.41) is 0. The van der Waals surface area contributed by atoms with Crippen molar-refractivity contribution in [3.63, 3.8) is 0 Å². The summed E-state index contributed by atoms with van der Waals surface area (Å²) in [5.74, 6) is 0. The van der Waals surface area contributed by atoms with Gasteiger partial charge in [-0.2, -0.15) is 0 Å².